The summed E-state index contributed by atoms with van der Waals surface area (Å²) in [6.07, 6.45) is 8.13. The number of halogens is 1. The second-order valence-electron chi connectivity index (χ2n) is 16.4. The molecule has 6 aliphatic rings. The lowest BCUT2D eigenvalue weighted by atomic mass is 9.73. The minimum Gasteiger partial charge on any atom is -0.492 e. The van der Waals surface area contributed by atoms with Gasteiger partial charge in [0, 0.05) is 53.7 Å². The first kappa shape index (κ1) is 33.1. The zero-order valence-corrected chi connectivity index (χ0v) is 30.8. The van der Waals surface area contributed by atoms with E-state index in [2.05, 4.69) is 58.1 Å². The fourth-order valence-corrected chi connectivity index (χ4v) is 10.5. The first-order valence-electron chi connectivity index (χ1n) is 18.9. The molecular formula is C42H48ClN5O3. The van der Waals surface area contributed by atoms with Crippen molar-refractivity contribution in [2.75, 3.05) is 51.3 Å². The number of hydrogen-bond acceptors (Lipinski definition) is 6. The maximum Gasteiger partial charge on any atom is 0.252 e. The Morgan fingerprint density at radius 2 is 1.78 bits per heavy atom. The van der Waals surface area contributed by atoms with Gasteiger partial charge in [0.15, 0.2) is 6.29 Å². The van der Waals surface area contributed by atoms with Crippen LogP contribution in [0.5, 0.6) is 5.75 Å². The molecule has 1 amide bonds. The molecule has 5 heterocycles. The highest BCUT2D eigenvalue weighted by molar-refractivity contribution is 6.34. The van der Waals surface area contributed by atoms with Crippen molar-refractivity contribution in [2.45, 2.75) is 81.7 Å². The molecule has 0 aromatic heterocycles. The van der Waals surface area contributed by atoms with E-state index in [0.717, 1.165) is 98.0 Å². The number of amides is 1. The molecule has 5 aliphatic heterocycles. The Morgan fingerprint density at radius 1 is 1.00 bits per heavy atom. The number of aliphatic imine (C=N–C) groups is 1. The van der Waals surface area contributed by atoms with Crippen LogP contribution in [0, 0.1) is 5.92 Å². The van der Waals surface area contributed by atoms with Crippen LogP contribution in [-0.4, -0.2) is 80.2 Å². The van der Waals surface area contributed by atoms with E-state index in [1.54, 1.807) is 6.07 Å². The largest absolute Gasteiger partial charge is 0.492 e. The van der Waals surface area contributed by atoms with Gasteiger partial charge in [0.25, 0.3) is 5.91 Å². The molecule has 51 heavy (non-hydrogen) atoms. The highest BCUT2D eigenvalue weighted by Gasteiger charge is 2.47. The SMILES string of the molecule is CN=C1N(c2cccc(Cl)c2C=O)c2ccc(C3CCN(C4CC(CN5CCC6(CC5)COc5c6ccc6c5CNC6=O)C4)CC3)cc2C1(C)C. The molecule has 2 saturated heterocycles. The van der Waals surface area contributed by atoms with E-state index in [4.69, 9.17) is 21.3 Å². The summed E-state index contributed by atoms with van der Waals surface area (Å²) in [5, 5.41) is 3.42. The van der Waals surface area contributed by atoms with Crippen LogP contribution >= 0.6 is 11.6 Å². The third kappa shape index (κ3) is 5.27. The Kier molecular flexibility index (Phi) is 8.09. The lowest BCUT2D eigenvalue weighted by Crippen LogP contribution is -2.52. The summed E-state index contributed by atoms with van der Waals surface area (Å²) in [4.78, 5) is 36.6. The molecule has 1 saturated carbocycles. The van der Waals surface area contributed by atoms with Crippen LogP contribution in [0.15, 0.2) is 53.5 Å². The second kappa shape index (κ2) is 12.5. The number of anilines is 2. The second-order valence-corrected chi connectivity index (χ2v) is 16.8. The normalized spacial score (nSPS) is 26.1. The summed E-state index contributed by atoms with van der Waals surface area (Å²) in [6.45, 7) is 11.6. The minimum atomic E-state index is -0.298. The average Bonchev–Trinajstić information content (AvgIpc) is 3.75. The number of nitrogens with zero attached hydrogens (tertiary/aromatic N) is 4. The van der Waals surface area contributed by atoms with E-state index in [0.29, 0.717) is 23.0 Å². The van der Waals surface area contributed by atoms with E-state index in [9.17, 15) is 9.59 Å². The molecule has 0 atom stereocenters. The van der Waals surface area contributed by atoms with Crippen molar-refractivity contribution in [3.05, 3.63) is 86.9 Å². The third-order valence-corrected chi connectivity index (χ3v) is 13.7. The minimum absolute atomic E-state index is 0.0268. The van der Waals surface area contributed by atoms with Gasteiger partial charge in [-0.15, -0.1) is 0 Å². The molecular weight excluding hydrogens is 658 g/mol. The van der Waals surface area contributed by atoms with Crippen molar-refractivity contribution < 1.29 is 14.3 Å². The monoisotopic (exact) mass is 705 g/mol. The Bertz CT molecular complexity index is 1930. The van der Waals surface area contributed by atoms with E-state index in [-0.39, 0.29) is 16.7 Å². The van der Waals surface area contributed by atoms with Crippen LogP contribution in [0.4, 0.5) is 11.4 Å². The van der Waals surface area contributed by atoms with Crippen molar-refractivity contribution in [3.63, 3.8) is 0 Å². The number of benzene rings is 3. The van der Waals surface area contributed by atoms with Crippen molar-refractivity contribution in [1.29, 1.82) is 0 Å². The highest BCUT2D eigenvalue weighted by Crippen LogP contribution is 2.50. The summed E-state index contributed by atoms with van der Waals surface area (Å²) in [5.74, 6) is 3.29. The molecule has 1 aliphatic carbocycles. The standard InChI is InChI=1S/C42H48ClN5O3/c1-41(2)34-21-28(7-10-37(34)48(40(41)44-3)36-6-4-5-35(43)32(36)24-49)27-11-15-47(16-12-27)29-19-26(20-29)23-46-17-13-42(14-18-46)25-51-38-31-22-45-39(50)30(31)8-9-33(38)42/h4-10,21,24,26-27,29H,11-20,22-23,25H2,1-3H3,(H,45,50). The van der Waals surface area contributed by atoms with Crippen molar-refractivity contribution >= 4 is 41.0 Å². The number of aldehydes is 1. The molecule has 8 nitrogen and oxygen atoms in total. The number of carbonyl (C=O) groups is 2. The van der Waals surface area contributed by atoms with Gasteiger partial charge < -0.3 is 19.9 Å². The van der Waals surface area contributed by atoms with Crippen LogP contribution in [0.1, 0.15) is 101 Å². The van der Waals surface area contributed by atoms with Crippen molar-refractivity contribution in [3.8, 4) is 5.75 Å². The summed E-state index contributed by atoms with van der Waals surface area (Å²) in [5.41, 5.74) is 8.02. The van der Waals surface area contributed by atoms with Gasteiger partial charge in [0.2, 0.25) is 0 Å². The molecule has 3 fully saturated rings. The summed E-state index contributed by atoms with van der Waals surface area (Å²) in [6, 6.07) is 17.5. The highest BCUT2D eigenvalue weighted by atomic mass is 35.5. The lowest BCUT2D eigenvalue weighted by Gasteiger charge is -2.48. The van der Waals surface area contributed by atoms with Crippen LogP contribution in [-0.2, 0) is 17.4 Å². The van der Waals surface area contributed by atoms with E-state index in [1.165, 1.54) is 48.9 Å². The van der Waals surface area contributed by atoms with Gasteiger partial charge in [0.1, 0.15) is 11.6 Å². The summed E-state index contributed by atoms with van der Waals surface area (Å²) >= 11 is 6.46. The molecule has 9 rings (SSSR count). The van der Waals surface area contributed by atoms with Crippen LogP contribution in [0.3, 0.4) is 0 Å². The first-order valence-corrected chi connectivity index (χ1v) is 19.3. The Balaban J connectivity index is 0.793. The molecule has 9 heteroatoms. The lowest BCUT2D eigenvalue weighted by molar-refractivity contribution is 0.0300. The fourth-order valence-electron chi connectivity index (χ4n) is 10.3. The van der Waals surface area contributed by atoms with Crippen LogP contribution in [0.25, 0.3) is 0 Å². The predicted molar refractivity (Wildman–Crippen MR) is 202 cm³/mol. The van der Waals surface area contributed by atoms with E-state index >= 15 is 0 Å². The van der Waals surface area contributed by atoms with Gasteiger partial charge >= 0.3 is 0 Å². The Hall–Kier alpha value is -3.72. The van der Waals surface area contributed by atoms with Gasteiger partial charge in [-0.2, -0.15) is 0 Å². The van der Waals surface area contributed by atoms with Crippen molar-refractivity contribution in [1.82, 2.24) is 15.1 Å². The fraction of sp³-hybridized carbons (Fsp3) is 0.500. The van der Waals surface area contributed by atoms with Crippen molar-refractivity contribution in [2.24, 2.45) is 10.9 Å². The smallest absolute Gasteiger partial charge is 0.252 e. The van der Waals surface area contributed by atoms with Gasteiger partial charge in [-0.05, 0) is 126 Å². The molecule has 0 radical (unpaired) electrons. The van der Waals surface area contributed by atoms with Gasteiger partial charge in [-0.25, -0.2) is 0 Å². The van der Waals surface area contributed by atoms with E-state index < -0.39 is 0 Å². The molecule has 266 valence electrons. The Morgan fingerprint density at radius 3 is 2.53 bits per heavy atom. The zero-order chi connectivity index (χ0) is 35.1. The third-order valence-electron chi connectivity index (χ3n) is 13.4. The van der Waals surface area contributed by atoms with Gasteiger partial charge in [-0.3, -0.25) is 19.5 Å². The predicted octanol–water partition coefficient (Wildman–Crippen LogP) is 7.24. The maximum atomic E-state index is 12.2. The van der Waals surface area contributed by atoms with Gasteiger partial charge in [-0.1, -0.05) is 35.9 Å². The topological polar surface area (TPSA) is 77.5 Å². The van der Waals surface area contributed by atoms with Crippen LogP contribution < -0.4 is 15.0 Å². The number of nitrogens with one attached hydrogen (secondary N) is 1. The Labute approximate surface area is 306 Å². The number of ether oxygens (including phenoxy) is 1. The summed E-state index contributed by atoms with van der Waals surface area (Å²) < 4.78 is 6.28. The molecule has 3 aromatic carbocycles. The summed E-state index contributed by atoms with van der Waals surface area (Å²) in [7, 11) is 1.84. The number of rotatable bonds is 6. The average molecular weight is 706 g/mol. The maximum absolute atomic E-state index is 12.2. The van der Waals surface area contributed by atoms with Crippen LogP contribution in [0.2, 0.25) is 5.02 Å². The number of amidine groups is 1. The number of likely N-dealkylation sites (tertiary alicyclic amines) is 2. The molecule has 0 bridgehead atoms. The number of piperidine rings is 2. The van der Waals surface area contributed by atoms with Gasteiger partial charge in [0.05, 0.1) is 28.6 Å². The molecule has 3 aromatic rings. The first-order chi connectivity index (χ1) is 24.7. The number of carbonyl (C=O) groups excluding carboxylic acids is 2. The quantitative estimate of drug-likeness (QED) is 0.273. The zero-order valence-electron chi connectivity index (χ0n) is 30.0. The number of fused-ring (bicyclic) bond motifs is 5. The van der Waals surface area contributed by atoms with E-state index in [1.807, 2.05) is 25.2 Å². The number of hydrogen-bond donors (Lipinski definition) is 1. The molecule has 0 unspecified atom stereocenters. The molecule has 1 N–H and O–H groups in total. The molecule has 1 spiro atoms.